The van der Waals surface area contributed by atoms with Crippen LogP contribution in [0.15, 0.2) is 60.8 Å². The number of benzene rings is 2. The number of aromatic nitrogens is 2. The van der Waals surface area contributed by atoms with Crippen LogP contribution in [0.1, 0.15) is 5.56 Å². The number of hydrogen-bond donors (Lipinski definition) is 1. The second kappa shape index (κ2) is 8.44. The third-order valence-electron chi connectivity index (χ3n) is 4.83. The topological polar surface area (TPSA) is 44.3 Å². The van der Waals surface area contributed by atoms with E-state index < -0.39 is 0 Å². The summed E-state index contributed by atoms with van der Waals surface area (Å²) in [6.45, 7) is 3.59. The van der Waals surface area contributed by atoms with Gasteiger partial charge in [-0.15, -0.1) is 0 Å². The molecule has 3 aromatic rings. The van der Waals surface area contributed by atoms with Gasteiger partial charge in [0.15, 0.2) is 0 Å². The first-order chi connectivity index (χ1) is 13.7. The second-order valence-corrected chi connectivity index (χ2v) is 7.02. The lowest BCUT2D eigenvalue weighted by atomic mass is 10.2. The van der Waals surface area contributed by atoms with Crippen molar-refractivity contribution in [3.63, 3.8) is 0 Å². The summed E-state index contributed by atoms with van der Waals surface area (Å²) in [6, 6.07) is 16.5. The van der Waals surface area contributed by atoms with Crippen molar-refractivity contribution in [1.82, 2.24) is 9.97 Å². The molecule has 0 bridgehead atoms. The fourth-order valence-electron chi connectivity index (χ4n) is 3.31. The summed E-state index contributed by atoms with van der Waals surface area (Å²) in [5, 5.41) is 3.95. The highest BCUT2D eigenvalue weighted by molar-refractivity contribution is 6.31. The Bertz CT molecular complexity index is 943. The molecule has 0 saturated carbocycles. The molecule has 1 aliphatic rings. The van der Waals surface area contributed by atoms with Crippen molar-refractivity contribution in [2.24, 2.45) is 0 Å². The molecular formula is C21H21ClFN5. The minimum Gasteiger partial charge on any atom is -0.366 e. The summed E-state index contributed by atoms with van der Waals surface area (Å²) in [6.07, 6.45) is 1.75. The lowest BCUT2D eigenvalue weighted by Crippen LogP contribution is -2.47. The van der Waals surface area contributed by atoms with Crippen molar-refractivity contribution in [2.45, 2.75) is 6.54 Å². The van der Waals surface area contributed by atoms with Gasteiger partial charge in [0.05, 0.1) is 5.69 Å². The van der Waals surface area contributed by atoms with Crippen LogP contribution < -0.4 is 15.1 Å². The Morgan fingerprint density at radius 3 is 2.43 bits per heavy atom. The summed E-state index contributed by atoms with van der Waals surface area (Å²) in [5.41, 5.74) is 1.66. The summed E-state index contributed by atoms with van der Waals surface area (Å²) in [4.78, 5) is 13.2. The van der Waals surface area contributed by atoms with Gasteiger partial charge in [-0.05, 0) is 29.8 Å². The van der Waals surface area contributed by atoms with Crippen LogP contribution in [0.5, 0.6) is 0 Å². The number of para-hydroxylation sites is 1. The summed E-state index contributed by atoms with van der Waals surface area (Å²) < 4.78 is 14.0. The fourth-order valence-corrected chi connectivity index (χ4v) is 3.51. The molecule has 0 radical (unpaired) electrons. The third kappa shape index (κ3) is 4.17. The standard InChI is InChI=1S/C21H21ClFN5/c22-17-6-2-1-5-16(17)15-25-21-24-10-9-20(26-21)28-13-11-27(12-14-28)19-8-4-3-7-18(19)23/h1-10H,11-15H2,(H,24,25,26). The predicted molar refractivity (Wildman–Crippen MR) is 112 cm³/mol. The van der Waals surface area contributed by atoms with E-state index >= 15 is 0 Å². The molecule has 2 aromatic carbocycles. The number of halogens is 2. The van der Waals surface area contributed by atoms with Gasteiger partial charge >= 0.3 is 0 Å². The van der Waals surface area contributed by atoms with Crippen LogP contribution in [-0.2, 0) is 6.54 Å². The van der Waals surface area contributed by atoms with Crippen molar-refractivity contribution in [3.05, 3.63) is 77.2 Å². The number of rotatable bonds is 5. The smallest absolute Gasteiger partial charge is 0.224 e. The van der Waals surface area contributed by atoms with E-state index in [2.05, 4.69) is 25.1 Å². The Hall–Kier alpha value is -2.86. The molecule has 1 N–H and O–H groups in total. The molecule has 0 aliphatic carbocycles. The van der Waals surface area contributed by atoms with E-state index in [1.165, 1.54) is 6.07 Å². The van der Waals surface area contributed by atoms with Gasteiger partial charge in [-0.3, -0.25) is 0 Å². The SMILES string of the molecule is Fc1ccccc1N1CCN(c2ccnc(NCc3ccccc3Cl)n2)CC1. The average molecular weight is 398 g/mol. The Morgan fingerprint density at radius 2 is 1.64 bits per heavy atom. The summed E-state index contributed by atoms with van der Waals surface area (Å²) in [5.74, 6) is 1.25. The Labute approximate surface area is 168 Å². The maximum absolute atomic E-state index is 14.0. The lowest BCUT2D eigenvalue weighted by molar-refractivity contribution is 0.596. The molecule has 1 fully saturated rings. The van der Waals surface area contributed by atoms with Crippen molar-refractivity contribution >= 4 is 29.1 Å². The fraction of sp³-hybridized carbons (Fsp3) is 0.238. The summed E-state index contributed by atoms with van der Waals surface area (Å²) in [7, 11) is 0. The Kier molecular flexibility index (Phi) is 5.58. The highest BCUT2D eigenvalue weighted by Crippen LogP contribution is 2.22. The zero-order chi connectivity index (χ0) is 19.3. The van der Waals surface area contributed by atoms with Gasteiger partial charge in [0.2, 0.25) is 5.95 Å². The third-order valence-corrected chi connectivity index (χ3v) is 5.20. The number of nitrogens with one attached hydrogen (secondary N) is 1. The molecule has 7 heteroatoms. The normalized spacial score (nSPS) is 14.2. The molecule has 2 heterocycles. The summed E-state index contributed by atoms with van der Waals surface area (Å²) >= 11 is 6.20. The zero-order valence-electron chi connectivity index (χ0n) is 15.4. The first-order valence-electron chi connectivity index (χ1n) is 9.25. The molecule has 144 valence electrons. The van der Waals surface area contributed by atoms with E-state index in [1.54, 1.807) is 12.3 Å². The van der Waals surface area contributed by atoms with Crippen molar-refractivity contribution < 1.29 is 4.39 Å². The van der Waals surface area contributed by atoms with Gasteiger partial charge in [-0.2, -0.15) is 4.98 Å². The van der Waals surface area contributed by atoms with Crippen LogP contribution >= 0.6 is 11.6 Å². The first-order valence-corrected chi connectivity index (χ1v) is 9.63. The van der Waals surface area contributed by atoms with Crippen molar-refractivity contribution in [3.8, 4) is 0 Å². The minimum absolute atomic E-state index is 0.177. The van der Waals surface area contributed by atoms with E-state index in [0.717, 1.165) is 42.6 Å². The van der Waals surface area contributed by atoms with Crippen LogP contribution in [0, 0.1) is 5.82 Å². The maximum atomic E-state index is 14.0. The van der Waals surface area contributed by atoms with E-state index in [4.69, 9.17) is 11.6 Å². The number of anilines is 3. The highest BCUT2D eigenvalue weighted by atomic mass is 35.5. The van der Waals surface area contributed by atoms with Gasteiger partial charge in [-0.25, -0.2) is 9.37 Å². The van der Waals surface area contributed by atoms with E-state index in [0.29, 0.717) is 18.2 Å². The molecule has 4 rings (SSSR count). The quantitative estimate of drug-likeness (QED) is 0.698. The minimum atomic E-state index is -0.177. The monoisotopic (exact) mass is 397 g/mol. The number of nitrogens with zero attached hydrogens (tertiary/aromatic N) is 4. The molecule has 0 amide bonds. The van der Waals surface area contributed by atoms with Gasteiger partial charge in [0.25, 0.3) is 0 Å². The van der Waals surface area contributed by atoms with Gasteiger partial charge in [0, 0.05) is 43.9 Å². The molecule has 0 atom stereocenters. The highest BCUT2D eigenvalue weighted by Gasteiger charge is 2.20. The molecule has 0 spiro atoms. The molecule has 1 saturated heterocycles. The second-order valence-electron chi connectivity index (χ2n) is 6.61. The van der Waals surface area contributed by atoms with E-state index in [-0.39, 0.29) is 5.82 Å². The maximum Gasteiger partial charge on any atom is 0.224 e. The van der Waals surface area contributed by atoms with E-state index in [9.17, 15) is 4.39 Å². The molecular weight excluding hydrogens is 377 g/mol. The number of hydrogen-bond acceptors (Lipinski definition) is 5. The van der Waals surface area contributed by atoms with Crippen LogP contribution in [0.3, 0.4) is 0 Å². The van der Waals surface area contributed by atoms with Crippen LogP contribution in [0.4, 0.5) is 21.8 Å². The zero-order valence-corrected chi connectivity index (χ0v) is 16.1. The van der Waals surface area contributed by atoms with Crippen LogP contribution in [0.2, 0.25) is 5.02 Å². The van der Waals surface area contributed by atoms with Gasteiger partial charge in [-0.1, -0.05) is 41.9 Å². The molecule has 0 unspecified atom stereocenters. The number of piperazine rings is 1. The van der Waals surface area contributed by atoms with Gasteiger partial charge in [0.1, 0.15) is 11.6 Å². The molecule has 28 heavy (non-hydrogen) atoms. The lowest BCUT2D eigenvalue weighted by Gasteiger charge is -2.36. The van der Waals surface area contributed by atoms with Crippen LogP contribution in [0.25, 0.3) is 0 Å². The Balaban J connectivity index is 1.39. The largest absolute Gasteiger partial charge is 0.366 e. The molecule has 1 aliphatic heterocycles. The van der Waals surface area contributed by atoms with Crippen molar-refractivity contribution in [2.75, 3.05) is 41.3 Å². The van der Waals surface area contributed by atoms with E-state index in [1.807, 2.05) is 42.5 Å². The van der Waals surface area contributed by atoms with Crippen LogP contribution in [-0.4, -0.2) is 36.1 Å². The van der Waals surface area contributed by atoms with Crippen molar-refractivity contribution in [1.29, 1.82) is 0 Å². The molecule has 5 nitrogen and oxygen atoms in total. The Morgan fingerprint density at radius 1 is 0.929 bits per heavy atom. The van der Waals surface area contributed by atoms with Gasteiger partial charge < -0.3 is 15.1 Å². The molecule has 1 aromatic heterocycles. The first kappa shape index (κ1) is 18.5. The predicted octanol–water partition coefficient (Wildman–Crippen LogP) is 4.21. The average Bonchev–Trinajstić information content (AvgIpc) is 2.74.